The third-order valence-corrected chi connectivity index (χ3v) is 4.69. The van der Waals surface area contributed by atoms with E-state index in [4.69, 9.17) is 4.74 Å². The van der Waals surface area contributed by atoms with Gasteiger partial charge in [-0.3, -0.25) is 4.79 Å². The number of amides is 1. The van der Waals surface area contributed by atoms with Gasteiger partial charge in [0.05, 0.1) is 12.7 Å². The van der Waals surface area contributed by atoms with Crippen LogP contribution >= 0.6 is 0 Å². The second kappa shape index (κ2) is 5.55. The second-order valence-electron chi connectivity index (χ2n) is 4.81. The summed E-state index contributed by atoms with van der Waals surface area (Å²) in [6.07, 6.45) is 1.43. The van der Waals surface area contributed by atoms with Gasteiger partial charge in [0.1, 0.15) is 10.6 Å². The van der Waals surface area contributed by atoms with Crippen LogP contribution < -0.4 is 4.72 Å². The van der Waals surface area contributed by atoms with Crippen LogP contribution in [-0.4, -0.2) is 56.6 Å². The number of morpholine rings is 1. The fourth-order valence-electron chi connectivity index (χ4n) is 2.18. The van der Waals surface area contributed by atoms with E-state index < -0.39 is 10.0 Å². The molecule has 1 saturated heterocycles. The zero-order chi connectivity index (χ0) is 14.9. The lowest BCUT2D eigenvalue weighted by atomic mass is 10.2. The lowest BCUT2D eigenvalue weighted by Crippen LogP contribution is -2.45. The zero-order valence-corrected chi connectivity index (χ0v) is 12.6. The molecular weight excluding hydrogens is 282 g/mol. The molecule has 1 atom stereocenters. The molecule has 1 fully saturated rings. The number of aromatic nitrogens is 1. The molecule has 2 heterocycles. The van der Waals surface area contributed by atoms with E-state index in [1.54, 1.807) is 11.9 Å². The second-order valence-corrected chi connectivity index (χ2v) is 6.70. The van der Waals surface area contributed by atoms with Crippen molar-refractivity contribution in [1.82, 2.24) is 14.2 Å². The van der Waals surface area contributed by atoms with Crippen LogP contribution in [0.25, 0.3) is 0 Å². The van der Waals surface area contributed by atoms with Gasteiger partial charge in [0.2, 0.25) is 10.0 Å². The SMILES string of the molecule is CNS(=O)(=O)c1cc(C(=O)N2CCOC(C)C2)n(C)c1. The number of hydrogen-bond acceptors (Lipinski definition) is 4. The highest BCUT2D eigenvalue weighted by Gasteiger charge is 2.26. The Hall–Kier alpha value is -1.38. The Bertz CT molecular complexity index is 608. The van der Waals surface area contributed by atoms with E-state index in [0.29, 0.717) is 25.4 Å². The molecule has 1 aromatic rings. The maximum Gasteiger partial charge on any atom is 0.270 e. The van der Waals surface area contributed by atoms with Crippen LogP contribution in [0, 0.1) is 0 Å². The molecule has 20 heavy (non-hydrogen) atoms. The minimum atomic E-state index is -3.54. The van der Waals surface area contributed by atoms with Crippen molar-refractivity contribution in [3.63, 3.8) is 0 Å². The van der Waals surface area contributed by atoms with Gasteiger partial charge in [-0.2, -0.15) is 0 Å². The molecule has 1 amide bonds. The van der Waals surface area contributed by atoms with E-state index in [2.05, 4.69) is 4.72 Å². The Morgan fingerprint density at radius 2 is 2.20 bits per heavy atom. The smallest absolute Gasteiger partial charge is 0.270 e. The fraction of sp³-hybridized carbons (Fsp3) is 0.583. The quantitative estimate of drug-likeness (QED) is 0.838. The normalized spacial score (nSPS) is 20.1. The first-order valence-electron chi connectivity index (χ1n) is 6.36. The zero-order valence-electron chi connectivity index (χ0n) is 11.8. The molecule has 7 nitrogen and oxygen atoms in total. The van der Waals surface area contributed by atoms with E-state index in [1.807, 2.05) is 6.92 Å². The van der Waals surface area contributed by atoms with E-state index in [1.165, 1.54) is 23.9 Å². The number of sulfonamides is 1. The summed E-state index contributed by atoms with van der Waals surface area (Å²) < 4.78 is 32.7. The average Bonchev–Trinajstić information content (AvgIpc) is 2.81. The number of hydrogen-bond donors (Lipinski definition) is 1. The van der Waals surface area contributed by atoms with Crippen LogP contribution in [0.2, 0.25) is 0 Å². The van der Waals surface area contributed by atoms with Gasteiger partial charge in [0, 0.05) is 26.3 Å². The molecule has 112 valence electrons. The summed E-state index contributed by atoms with van der Waals surface area (Å²) in [4.78, 5) is 14.2. The largest absolute Gasteiger partial charge is 0.375 e. The number of rotatable bonds is 3. The van der Waals surface area contributed by atoms with Gasteiger partial charge in [-0.05, 0) is 20.0 Å². The van der Waals surface area contributed by atoms with E-state index in [0.717, 1.165) is 0 Å². The van der Waals surface area contributed by atoms with Crippen molar-refractivity contribution in [3.8, 4) is 0 Å². The molecule has 0 saturated carbocycles. The summed E-state index contributed by atoms with van der Waals surface area (Å²) in [6, 6.07) is 1.40. The van der Waals surface area contributed by atoms with E-state index >= 15 is 0 Å². The molecule has 2 rings (SSSR count). The topological polar surface area (TPSA) is 80.6 Å². The first kappa shape index (κ1) is 15.0. The highest BCUT2D eigenvalue weighted by atomic mass is 32.2. The summed E-state index contributed by atoms with van der Waals surface area (Å²) in [7, 11) is -0.542. The number of ether oxygens (including phenoxy) is 1. The molecule has 0 aliphatic carbocycles. The molecule has 1 aliphatic heterocycles. The molecule has 0 radical (unpaired) electrons. The molecule has 0 bridgehead atoms. The summed E-state index contributed by atoms with van der Waals surface area (Å²) >= 11 is 0. The van der Waals surface area contributed by atoms with Crippen molar-refractivity contribution in [2.45, 2.75) is 17.9 Å². The van der Waals surface area contributed by atoms with Gasteiger partial charge < -0.3 is 14.2 Å². The minimum absolute atomic E-state index is 0.00604. The number of nitrogens with zero attached hydrogens (tertiary/aromatic N) is 2. The van der Waals surface area contributed by atoms with Crippen LogP contribution in [0.3, 0.4) is 0 Å². The van der Waals surface area contributed by atoms with E-state index in [9.17, 15) is 13.2 Å². The van der Waals surface area contributed by atoms with Crippen molar-refractivity contribution in [3.05, 3.63) is 18.0 Å². The maximum atomic E-state index is 12.4. The highest BCUT2D eigenvalue weighted by Crippen LogP contribution is 2.16. The van der Waals surface area contributed by atoms with Crippen LogP contribution in [-0.2, 0) is 21.8 Å². The molecule has 1 aliphatic rings. The van der Waals surface area contributed by atoms with Gasteiger partial charge in [-0.15, -0.1) is 0 Å². The third-order valence-electron chi connectivity index (χ3n) is 3.31. The third kappa shape index (κ3) is 2.87. The maximum absolute atomic E-state index is 12.4. The summed E-state index contributed by atoms with van der Waals surface area (Å²) in [5.41, 5.74) is 0.355. The molecule has 1 unspecified atom stereocenters. The highest BCUT2D eigenvalue weighted by molar-refractivity contribution is 7.89. The summed E-state index contributed by atoms with van der Waals surface area (Å²) in [6.45, 7) is 3.43. The molecule has 1 aromatic heterocycles. The Kier molecular flexibility index (Phi) is 4.17. The lowest BCUT2D eigenvalue weighted by Gasteiger charge is -2.31. The Balaban J connectivity index is 2.27. The summed E-state index contributed by atoms with van der Waals surface area (Å²) in [5, 5.41) is 0. The number of carbonyl (C=O) groups excluding carboxylic acids is 1. The Labute approximate surface area is 118 Å². The van der Waals surface area contributed by atoms with Gasteiger partial charge in [-0.25, -0.2) is 13.1 Å². The first-order valence-corrected chi connectivity index (χ1v) is 7.84. The van der Waals surface area contributed by atoms with Crippen LogP contribution in [0.1, 0.15) is 17.4 Å². The van der Waals surface area contributed by atoms with Gasteiger partial charge in [0.15, 0.2) is 0 Å². The van der Waals surface area contributed by atoms with Crippen molar-refractivity contribution in [1.29, 1.82) is 0 Å². The number of aryl methyl sites for hydroxylation is 1. The van der Waals surface area contributed by atoms with Crippen molar-refractivity contribution in [2.75, 3.05) is 26.7 Å². The van der Waals surface area contributed by atoms with Gasteiger partial charge in [0.25, 0.3) is 5.91 Å². The predicted octanol–water partition coefficient (Wildman–Crippen LogP) is -0.206. The van der Waals surface area contributed by atoms with Crippen molar-refractivity contribution >= 4 is 15.9 Å². The van der Waals surface area contributed by atoms with Crippen LogP contribution in [0.15, 0.2) is 17.2 Å². The fourth-order valence-corrected chi connectivity index (χ4v) is 2.98. The molecule has 1 N–H and O–H groups in total. The van der Waals surface area contributed by atoms with Crippen molar-refractivity contribution in [2.24, 2.45) is 7.05 Å². The Morgan fingerprint density at radius 1 is 1.50 bits per heavy atom. The number of nitrogens with one attached hydrogen (secondary N) is 1. The molecule has 0 aromatic carbocycles. The number of carbonyl (C=O) groups is 1. The minimum Gasteiger partial charge on any atom is -0.375 e. The molecule has 8 heteroatoms. The monoisotopic (exact) mass is 301 g/mol. The summed E-state index contributed by atoms with van der Waals surface area (Å²) in [5.74, 6) is -0.180. The first-order chi connectivity index (χ1) is 9.35. The predicted molar refractivity (Wildman–Crippen MR) is 73.0 cm³/mol. The van der Waals surface area contributed by atoms with Crippen LogP contribution in [0.4, 0.5) is 0 Å². The molecule has 0 spiro atoms. The van der Waals surface area contributed by atoms with Crippen molar-refractivity contribution < 1.29 is 17.9 Å². The standard InChI is InChI=1S/C12H19N3O4S/c1-9-7-15(4-5-19-9)12(16)11-6-10(8-14(11)3)20(17,18)13-2/h6,8-9,13H,4-5,7H2,1-3H3. The van der Waals surface area contributed by atoms with Crippen LogP contribution in [0.5, 0.6) is 0 Å². The average molecular weight is 301 g/mol. The van der Waals surface area contributed by atoms with Gasteiger partial charge in [-0.1, -0.05) is 0 Å². The lowest BCUT2D eigenvalue weighted by molar-refractivity contribution is -0.0127. The van der Waals surface area contributed by atoms with E-state index in [-0.39, 0.29) is 16.9 Å². The Morgan fingerprint density at radius 3 is 2.80 bits per heavy atom. The van der Waals surface area contributed by atoms with Gasteiger partial charge >= 0.3 is 0 Å². The molecular formula is C12H19N3O4S.